The number of piperidine rings is 1. The average Bonchev–Trinajstić information content (AvgIpc) is 2.65. The lowest BCUT2D eigenvalue weighted by Gasteiger charge is -2.35. The van der Waals surface area contributed by atoms with Gasteiger partial charge in [0.15, 0.2) is 0 Å². The Hall–Kier alpha value is -1.59. The molecule has 1 saturated heterocycles. The highest BCUT2D eigenvalue weighted by Crippen LogP contribution is 2.21. The van der Waals surface area contributed by atoms with E-state index in [-0.39, 0.29) is 29.6 Å². The largest absolute Gasteiger partial charge is 0.466 e. The molecule has 3 unspecified atom stereocenters. The molecule has 1 rings (SSSR count). The normalized spacial score (nSPS) is 19.5. The number of unbranched alkanes of at least 4 members (excludes halogenated alkanes) is 2. The van der Waals surface area contributed by atoms with Crippen LogP contribution >= 0.6 is 0 Å². The summed E-state index contributed by atoms with van der Waals surface area (Å²) >= 11 is 0. The molecule has 150 valence electrons. The van der Waals surface area contributed by atoms with Gasteiger partial charge >= 0.3 is 5.97 Å². The van der Waals surface area contributed by atoms with Gasteiger partial charge in [-0.1, -0.05) is 40.0 Å². The molecular weight excluding hydrogens is 332 g/mol. The first-order chi connectivity index (χ1) is 12.4. The number of nitrogens with zero attached hydrogens (tertiary/aromatic N) is 1. The van der Waals surface area contributed by atoms with Gasteiger partial charge in [-0.05, 0) is 32.1 Å². The molecule has 3 atom stereocenters. The molecule has 1 aliphatic heterocycles. The Kier molecular flexibility index (Phi) is 10.3. The van der Waals surface area contributed by atoms with Gasteiger partial charge in [-0.3, -0.25) is 14.4 Å². The van der Waals surface area contributed by atoms with Gasteiger partial charge in [0.2, 0.25) is 11.8 Å². The lowest BCUT2D eigenvalue weighted by molar-refractivity contribution is -0.152. The summed E-state index contributed by atoms with van der Waals surface area (Å²) in [5.74, 6) is -0.562. The summed E-state index contributed by atoms with van der Waals surface area (Å²) < 4.78 is 5.11. The zero-order valence-electron chi connectivity index (χ0n) is 16.9. The Labute approximate surface area is 158 Å². The molecule has 0 saturated carbocycles. The van der Waals surface area contributed by atoms with Gasteiger partial charge in [-0.15, -0.1) is 0 Å². The SMILES string of the molecule is CCCCCC(=O)NC(C(=O)N1CCCC(C(=O)OCC)C1)C(C)CC. The molecule has 1 fully saturated rings. The Balaban J connectivity index is 2.72. The zero-order chi connectivity index (χ0) is 19.5. The van der Waals surface area contributed by atoms with Crippen LogP contribution in [-0.4, -0.2) is 48.4 Å². The van der Waals surface area contributed by atoms with E-state index in [0.29, 0.717) is 26.1 Å². The number of carbonyl (C=O) groups excluding carboxylic acids is 3. The van der Waals surface area contributed by atoms with E-state index in [0.717, 1.165) is 38.5 Å². The van der Waals surface area contributed by atoms with Gasteiger partial charge in [0.05, 0.1) is 12.5 Å². The number of rotatable bonds is 10. The number of esters is 1. The first kappa shape index (κ1) is 22.5. The Morgan fingerprint density at radius 1 is 1.19 bits per heavy atom. The molecule has 0 aromatic heterocycles. The van der Waals surface area contributed by atoms with Gasteiger partial charge in [0.1, 0.15) is 6.04 Å². The number of hydrogen-bond donors (Lipinski definition) is 1. The Morgan fingerprint density at radius 3 is 2.54 bits per heavy atom. The molecule has 0 aromatic carbocycles. The van der Waals surface area contributed by atoms with Crippen LogP contribution < -0.4 is 5.32 Å². The van der Waals surface area contributed by atoms with Crippen molar-refractivity contribution in [3.05, 3.63) is 0 Å². The smallest absolute Gasteiger partial charge is 0.310 e. The predicted octanol–water partition coefficient (Wildman–Crippen LogP) is 2.90. The maximum Gasteiger partial charge on any atom is 0.310 e. The van der Waals surface area contributed by atoms with E-state index in [4.69, 9.17) is 4.74 Å². The van der Waals surface area contributed by atoms with E-state index in [1.807, 2.05) is 13.8 Å². The van der Waals surface area contributed by atoms with E-state index in [2.05, 4.69) is 12.2 Å². The highest BCUT2D eigenvalue weighted by atomic mass is 16.5. The maximum absolute atomic E-state index is 13.0. The standard InChI is InChI=1S/C20H36N2O4/c1-5-8-9-12-17(23)21-18(15(4)6-2)19(24)22-13-10-11-16(14-22)20(25)26-7-3/h15-16,18H,5-14H2,1-4H3,(H,21,23). The minimum absolute atomic E-state index is 0.0561. The van der Waals surface area contributed by atoms with Crippen LogP contribution in [0.25, 0.3) is 0 Å². The van der Waals surface area contributed by atoms with Crippen molar-refractivity contribution in [2.45, 2.75) is 78.7 Å². The van der Waals surface area contributed by atoms with E-state index in [1.54, 1.807) is 11.8 Å². The summed E-state index contributed by atoms with van der Waals surface area (Å²) in [6, 6.07) is -0.518. The second-order valence-electron chi connectivity index (χ2n) is 7.26. The topological polar surface area (TPSA) is 75.7 Å². The molecule has 0 aliphatic carbocycles. The van der Waals surface area contributed by atoms with Crippen molar-refractivity contribution >= 4 is 17.8 Å². The molecule has 2 amide bonds. The molecular formula is C20H36N2O4. The Bertz CT molecular complexity index is 467. The highest BCUT2D eigenvalue weighted by Gasteiger charge is 2.34. The van der Waals surface area contributed by atoms with Gasteiger partial charge in [0.25, 0.3) is 0 Å². The lowest BCUT2D eigenvalue weighted by atomic mass is 9.94. The number of carbonyl (C=O) groups is 3. The molecule has 0 spiro atoms. The minimum atomic E-state index is -0.518. The lowest BCUT2D eigenvalue weighted by Crippen LogP contribution is -2.54. The van der Waals surface area contributed by atoms with Crippen molar-refractivity contribution < 1.29 is 19.1 Å². The summed E-state index contributed by atoms with van der Waals surface area (Å²) in [5, 5.41) is 2.95. The Morgan fingerprint density at radius 2 is 1.92 bits per heavy atom. The van der Waals surface area contributed by atoms with Gasteiger partial charge in [-0.25, -0.2) is 0 Å². The van der Waals surface area contributed by atoms with Crippen LogP contribution in [0.2, 0.25) is 0 Å². The van der Waals surface area contributed by atoms with Crippen molar-refractivity contribution in [3.8, 4) is 0 Å². The fourth-order valence-corrected chi connectivity index (χ4v) is 3.29. The van der Waals surface area contributed by atoms with Crippen molar-refractivity contribution in [2.75, 3.05) is 19.7 Å². The third kappa shape index (κ3) is 6.96. The maximum atomic E-state index is 13.0. The third-order valence-corrected chi connectivity index (χ3v) is 5.16. The van der Waals surface area contributed by atoms with Crippen molar-refractivity contribution in [1.82, 2.24) is 10.2 Å². The van der Waals surface area contributed by atoms with Crippen LogP contribution in [0.5, 0.6) is 0 Å². The van der Waals surface area contributed by atoms with Crippen LogP contribution in [0.4, 0.5) is 0 Å². The van der Waals surface area contributed by atoms with Gasteiger partial charge in [-0.2, -0.15) is 0 Å². The number of amides is 2. The molecule has 0 bridgehead atoms. The molecule has 0 radical (unpaired) electrons. The van der Waals surface area contributed by atoms with Crippen molar-refractivity contribution in [3.63, 3.8) is 0 Å². The van der Waals surface area contributed by atoms with E-state index < -0.39 is 6.04 Å². The van der Waals surface area contributed by atoms with Gasteiger partial charge in [0, 0.05) is 19.5 Å². The monoisotopic (exact) mass is 368 g/mol. The van der Waals surface area contributed by atoms with E-state index in [9.17, 15) is 14.4 Å². The summed E-state index contributed by atoms with van der Waals surface area (Å²) in [5.41, 5.74) is 0. The van der Waals surface area contributed by atoms with Crippen molar-refractivity contribution in [2.24, 2.45) is 11.8 Å². The van der Waals surface area contributed by atoms with Crippen LogP contribution in [-0.2, 0) is 19.1 Å². The molecule has 1 N–H and O–H groups in total. The summed E-state index contributed by atoms with van der Waals surface area (Å²) in [7, 11) is 0. The molecule has 26 heavy (non-hydrogen) atoms. The second-order valence-corrected chi connectivity index (χ2v) is 7.26. The summed E-state index contributed by atoms with van der Waals surface area (Å²) in [4.78, 5) is 39.0. The molecule has 6 heteroatoms. The highest BCUT2D eigenvalue weighted by molar-refractivity contribution is 5.88. The van der Waals surface area contributed by atoms with Crippen LogP contribution in [0, 0.1) is 11.8 Å². The van der Waals surface area contributed by atoms with Crippen LogP contribution in [0.15, 0.2) is 0 Å². The second kappa shape index (κ2) is 11.9. The fourth-order valence-electron chi connectivity index (χ4n) is 3.29. The molecule has 1 aliphatic rings. The molecule has 0 aromatic rings. The minimum Gasteiger partial charge on any atom is -0.466 e. The number of ether oxygens (including phenoxy) is 1. The zero-order valence-corrected chi connectivity index (χ0v) is 16.9. The molecule has 1 heterocycles. The number of nitrogens with one attached hydrogen (secondary N) is 1. The first-order valence-corrected chi connectivity index (χ1v) is 10.2. The number of likely N-dealkylation sites (tertiary alicyclic amines) is 1. The third-order valence-electron chi connectivity index (χ3n) is 5.16. The average molecular weight is 369 g/mol. The van der Waals surface area contributed by atoms with E-state index in [1.165, 1.54) is 0 Å². The van der Waals surface area contributed by atoms with Crippen LogP contribution in [0.1, 0.15) is 72.6 Å². The first-order valence-electron chi connectivity index (χ1n) is 10.2. The fraction of sp³-hybridized carbons (Fsp3) is 0.850. The van der Waals surface area contributed by atoms with Crippen LogP contribution in [0.3, 0.4) is 0 Å². The van der Waals surface area contributed by atoms with E-state index >= 15 is 0 Å². The molecule has 6 nitrogen and oxygen atoms in total. The van der Waals surface area contributed by atoms with Gasteiger partial charge < -0.3 is 15.0 Å². The summed E-state index contributed by atoms with van der Waals surface area (Å²) in [6.45, 7) is 9.26. The quantitative estimate of drug-likeness (QED) is 0.475. The summed E-state index contributed by atoms with van der Waals surface area (Å²) in [6.07, 6.45) is 5.72. The number of hydrogen-bond acceptors (Lipinski definition) is 4. The predicted molar refractivity (Wildman–Crippen MR) is 101 cm³/mol. The van der Waals surface area contributed by atoms with Crippen molar-refractivity contribution in [1.29, 1.82) is 0 Å².